The van der Waals surface area contributed by atoms with Crippen LogP contribution >= 0.6 is 0 Å². The molecule has 42 heavy (non-hydrogen) atoms. The number of amides is 2. The van der Waals surface area contributed by atoms with Crippen LogP contribution in [-0.2, 0) is 13.1 Å². The summed E-state index contributed by atoms with van der Waals surface area (Å²) in [6, 6.07) is 16.8. The van der Waals surface area contributed by atoms with Crippen molar-refractivity contribution in [2.45, 2.75) is 39.9 Å². The first kappa shape index (κ1) is 28.9. The minimum absolute atomic E-state index is 0.0100. The molecule has 2 heterocycles. The molecule has 0 saturated heterocycles. The number of anilines is 1. The Morgan fingerprint density at radius 1 is 1.12 bits per heavy atom. The summed E-state index contributed by atoms with van der Waals surface area (Å²) >= 11 is 0. The molecule has 1 aliphatic rings. The van der Waals surface area contributed by atoms with Crippen LogP contribution in [0.4, 0.5) is 14.9 Å². The molecular weight excluding hydrogens is 539 g/mol. The second-order valence-corrected chi connectivity index (χ2v) is 11.0. The molecule has 1 unspecified atom stereocenters. The van der Waals surface area contributed by atoms with E-state index in [2.05, 4.69) is 21.2 Å². The molecule has 5 rings (SSSR count). The molecule has 1 aromatic heterocycles. The largest absolute Gasteiger partial charge is 0.457 e. The predicted molar refractivity (Wildman–Crippen MR) is 158 cm³/mol. The fraction of sp³-hybridized carbons (Fsp3) is 0.290. The Kier molecular flexibility index (Phi) is 8.32. The van der Waals surface area contributed by atoms with E-state index >= 15 is 0 Å². The number of carbonyl (C=O) groups excluding carboxylic acids is 1. The van der Waals surface area contributed by atoms with E-state index in [9.17, 15) is 19.4 Å². The first-order valence-corrected chi connectivity index (χ1v) is 13.7. The van der Waals surface area contributed by atoms with E-state index in [1.807, 2.05) is 68.3 Å². The Labute approximate surface area is 243 Å². The van der Waals surface area contributed by atoms with Crippen LogP contribution in [0.15, 0.2) is 78.8 Å². The number of nitrogens with zero attached hydrogens (tertiary/aromatic N) is 3. The number of halogens is 1. The van der Waals surface area contributed by atoms with Gasteiger partial charge < -0.3 is 20.3 Å². The van der Waals surface area contributed by atoms with Crippen molar-refractivity contribution in [3.05, 3.63) is 95.7 Å². The van der Waals surface area contributed by atoms with E-state index in [0.717, 1.165) is 22.2 Å². The molecule has 0 saturated carbocycles. The number of nitrogens with one attached hydrogen (secondary N) is 3. The third kappa shape index (κ3) is 6.32. The first-order chi connectivity index (χ1) is 20.2. The molecule has 1 aliphatic heterocycles. The minimum atomic E-state index is -0.508. The molecule has 0 spiro atoms. The van der Waals surface area contributed by atoms with E-state index in [-0.39, 0.29) is 25.8 Å². The summed E-state index contributed by atoms with van der Waals surface area (Å²) in [6.45, 7) is 6.22. The number of hydrogen-bond acceptors (Lipinski definition) is 7. The van der Waals surface area contributed by atoms with Crippen LogP contribution in [0.1, 0.15) is 25.0 Å². The average molecular weight is 575 g/mol. The Morgan fingerprint density at radius 2 is 1.90 bits per heavy atom. The van der Waals surface area contributed by atoms with Crippen molar-refractivity contribution in [3.8, 4) is 11.5 Å². The standard InChI is InChI=1S/C31H35FN6O4/c1-20-4-7-24(8-5-20)38-28(31(2,3)19-40)16-29(36-38)35-30(41)33-17-22-14-23(32)6-11-27(22)42-25-9-10-26-21(15-25)18-34-37(26)12-13-39/h4-11,14-16,18,28,36,39-40H,12-13,17,19H2,1-3H3,(H2,33,35,41). The van der Waals surface area contributed by atoms with Crippen LogP contribution in [0.5, 0.6) is 11.5 Å². The fourth-order valence-corrected chi connectivity index (χ4v) is 4.79. The lowest BCUT2D eigenvalue weighted by Gasteiger charge is -2.36. The highest BCUT2D eigenvalue weighted by Gasteiger charge is 2.37. The van der Waals surface area contributed by atoms with Gasteiger partial charge in [-0.15, -0.1) is 0 Å². The molecule has 10 nitrogen and oxygen atoms in total. The maximum atomic E-state index is 14.2. The number of hydrogen-bond donors (Lipinski definition) is 5. The van der Waals surface area contributed by atoms with Gasteiger partial charge in [0, 0.05) is 22.9 Å². The highest BCUT2D eigenvalue weighted by Crippen LogP contribution is 2.33. The number of benzene rings is 3. The quantitative estimate of drug-likeness (QED) is 0.191. The van der Waals surface area contributed by atoms with E-state index in [1.165, 1.54) is 18.2 Å². The van der Waals surface area contributed by atoms with E-state index < -0.39 is 17.3 Å². The average Bonchev–Trinajstić information content (AvgIpc) is 3.58. The van der Waals surface area contributed by atoms with Gasteiger partial charge in [-0.25, -0.2) is 9.18 Å². The summed E-state index contributed by atoms with van der Waals surface area (Å²) in [4.78, 5) is 12.9. The number of hydrazine groups is 1. The van der Waals surface area contributed by atoms with Crippen LogP contribution in [0.2, 0.25) is 0 Å². The molecule has 1 atom stereocenters. The van der Waals surface area contributed by atoms with E-state index in [0.29, 0.717) is 29.4 Å². The predicted octanol–water partition coefficient (Wildman–Crippen LogP) is 4.32. The number of aromatic nitrogens is 2. The number of aryl methyl sites for hydroxylation is 1. The maximum absolute atomic E-state index is 14.2. The van der Waals surface area contributed by atoms with Gasteiger partial charge in [0.15, 0.2) is 0 Å². The highest BCUT2D eigenvalue weighted by molar-refractivity contribution is 5.80. The van der Waals surface area contributed by atoms with Crippen molar-refractivity contribution in [1.82, 2.24) is 25.8 Å². The van der Waals surface area contributed by atoms with Gasteiger partial charge in [0.1, 0.15) is 23.1 Å². The smallest absolute Gasteiger partial charge is 0.320 e. The number of fused-ring (bicyclic) bond motifs is 1. The van der Waals surface area contributed by atoms with Crippen LogP contribution in [0.25, 0.3) is 10.9 Å². The number of carbonyl (C=O) groups is 1. The van der Waals surface area contributed by atoms with Gasteiger partial charge in [0.2, 0.25) is 0 Å². The van der Waals surface area contributed by atoms with Crippen LogP contribution < -0.4 is 25.8 Å². The molecule has 0 aliphatic carbocycles. The molecule has 3 aromatic carbocycles. The fourth-order valence-electron chi connectivity index (χ4n) is 4.79. The number of urea groups is 1. The molecule has 11 heteroatoms. The molecular formula is C31H35FN6O4. The Balaban J connectivity index is 1.26. The summed E-state index contributed by atoms with van der Waals surface area (Å²) in [5.74, 6) is 0.929. The zero-order valence-corrected chi connectivity index (χ0v) is 23.8. The van der Waals surface area contributed by atoms with Crippen LogP contribution in [-0.4, -0.2) is 45.3 Å². The van der Waals surface area contributed by atoms with Gasteiger partial charge >= 0.3 is 6.03 Å². The van der Waals surface area contributed by atoms with Crippen LogP contribution in [0.3, 0.4) is 0 Å². The molecule has 0 radical (unpaired) electrons. The number of aliphatic hydroxyl groups is 2. The number of rotatable bonds is 10. The van der Waals surface area contributed by atoms with Gasteiger partial charge in [-0.05, 0) is 61.5 Å². The second-order valence-electron chi connectivity index (χ2n) is 11.0. The summed E-state index contributed by atoms with van der Waals surface area (Å²) in [6.07, 6.45) is 3.55. The van der Waals surface area contributed by atoms with Gasteiger partial charge in [0.05, 0.1) is 43.2 Å². The SMILES string of the molecule is Cc1ccc(N2NC(NC(=O)NCc3cc(F)ccc3Oc3ccc4c(cnn4CCO)c3)=CC2C(C)(C)CO)cc1. The summed E-state index contributed by atoms with van der Waals surface area (Å²) < 4.78 is 21.9. The van der Waals surface area contributed by atoms with Crippen molar-refractivity contribution >= 4 is 22.6 Å². The van der Waals surface area contributed by atoms with Crippen molar-refractivity contribution in [2.75, 3.05) is 18.2 Å². The number of aliphatic hydroxyl groups excluding tert-OH is 2. The molecule has 5 N–H and O–H groups in total. The zero-order chi connectivity index (χ0) is 29.9. The van der Waals surface area contributed by atoms with Crippen LogP contribution in [0, 0.1) is 18.2 Å². The third-order valence-electron chi connectivity index (χ3n) is 7.23. The molecule has 2 amide bonds. The maximum Gasteiger partial charge on any atom is 0.320 e. The van der Waals surface area contributed by atoms with Crippen molar-refractivity contribution in [1.29, 1.82) is 0 Å². The van der Waals surface area contributed by atoms with Crippen molar-refractivity contribution in [3.63, 3.8) is 0 Å². The Bertz CT molecular complexity index is 1600. The lowest BCUT2D eigenvalue weighted by molar-refractivity contribution is 0.144. The van der Waals surface area contributed by atoms with Crippen molar-refractivity contribution in [2.24, 2.45) is 5.41 Å². The highest BCUT2D eigenvalue weighted by atomic mass is 19.1. The lowest BCUT2D eigenvalue weighted by atomic mass is 9.85. The summed E-state index contributed by atoms with van der Waals surface area (Å²) in [5.41, 5.74) is 6.04. The monoisotopic (exact) mass is 574 g/mol. The Morgan fingerprint density at radius 3 is 2.64 bits per heavy atom. The first-order valence-electron chi connectivity index (χ1n) is 13.7. The van der Waals surface area contributed by atoms with Gasteiger partial charge in [0.25, 0.3) is 0 Å². The van der Waals surface area contributed by atoms with Gasteiger partial charge in [-0.3, -0.25) is 20.4 Å². The topological polar surface area (TPSA) is 124 Å². The lowest BCUT2D eigenvalue weighted by Crippen LogP contribution is -2.49. The summed E-state index contributed by atoms with van der Waals surface area (Å²) in [5, 5.41) is 31.9. The van der Waals surface area contributed by atoms with Gasteiger partial charge in [-0.2, -0.15) is 5.10 Å². The van der Waals surface area contributed by atoms with Gasteiger partial charge in [-0.1, -0.05) is 31.5 Å². The third-order valence-corrected chi connectivity index (χ3v) is 7.23. The minimum Gasteiger partial charge on any atom is -0.457 e. The van der Waals surface area contributed by atoms with E-state index in [4.69, 9.17) is 4.74 Å². The molecule has 220 valence electrons. The normalized spacial score (nSPS) is 15.0. The zero-order valence-electron chi connectivity index (χ0n) is 23.8. The number of ether oxygens (including phenoxy) is 1. The molecule has 4 aromatic rings. The van der Waals surface area contributed by atoms with E-state index in [1.54, 1.807) is 16.9 Å². The molecule has 0 bridgehead atoms. The summed E-state index contributed by atoms with van der Waals surface area (Å²) in [7, 11) is 0. The van der Waals surface area contributed by atoms with Crippen molar-refractivity contribution < 1.29 is 24.1 Å². The second kappa shape index (κ2) is 12.1. The Hall–Kier alpha value is -4.61. The molecule has 0 fully saturated rings.